The summed E-state index contributed by atoms with van der Waals surface area (Å²) in [6.07, 6.45) is -14.9. The average Bonchev–Trinajstić information content (AvgIpc) is 2.55. The summed E-state index contributed by atoms with van der Waals surface area (Å²) in [6.45, 7) is -1.39. The maximum atomic E-state index is 9.91. The Morgan fingerprint density at radius 2 is 1.43 bits per heavy atom. The van der Waals surface area contributed by atoms with E-state index in [2.05, 4.69) is 0 Å². The Hall–Kier alpha value is -0.440. The first-order valence-electron chi connectivity index (χ1n) is 6.96. The first-order chi connectivity index (χ1) is 10.8. The van der Waals surface area contributed by atoms with Gasteiger partial charge in [-0.1, -0.05) is 0 Å². The van der Waals surface area contributed by atoms with E-state index in [9.17, 15) is 35.7 Å². The molecule has 0 aliphatic carbocycles. The number of ether oxygens (including phenoxy) is 3. The van der Waals surface area contributed by atoms with Crippen molar-refractivity contribution in [3.05, 3.63) is 6.10 Å². The van der Waals surface area contributed by atoms with E-state index >= 15 is 0 Å². The van der Waals surface area contributed by atoms with Crippen molar-refractivity contribution in [3.63, 3.8) is 0 Å². The minimum Gasteiger partial charge on any atom is -0.394 e. The summed E-state index contributed by atoms with van der Waals surface area (Å²) < 4.78 is 15.1. The first kappa shape index (κ1) is 18.9. The zero-order chi connectivity index (χ0) is 17.3. The average molecular weight is 341 g/mol. The Kier molecular flexibility index (Phi) is 6.27. The van der Waals surface area contributed by atoms with Gasteiger partial charge in [-0.05, 0) is 0 Å². The van der Waals surface area contributed by atoms with Crippen LogP contribution in [0.3, 0.4) is 0 Å². The molecule has 1 radical (unpaired) electrons. The van der Waals surface area contributed by atoms with E-state index < -0.39 is 74.6 Å². The van der Waals surface area contributed by atoms with Crippen molar-refractivity contribution in [2.24, 2.45) is 0 Å². The minimum absolute atomic E-state index is 0.436. The second-order valence-corrected chi connectivity index (χ2v) is 5.35. The first-order valence-corrected chi connectivity index (χ1v) is 6.96. The van der Waals surface area contributed by atoms with Crippen LogP contribution < -0.4 is 0 Å². The van der Waals surface area contributed by atoms with Crippen LogP contribution in [0.15, 0.2) is 0 Å². The smallest absolute Gasteiger partial charge is 0.187 e. The Bertz CT molecular complexity index is 378. The standard InChI is InChI=1S/C12H21O11/c13-1-3-5(15)6(16)9(19)12(22-3)23-10-4(2-14)21-11(20)8(18)7(10)17/h3-9,11-20H,1-2H2/t3-,4-,5-,6+,7-,8-,9-,11-,12-/m1/s1. The molecule has 0 spiro atoms. The summed E-state index contributed by atoms with van der Waals surface area (Å²) in [5, 5.41) is 76.4. The highest BCUT2D eigenvalue weighted by Crippen LogP contribution is 2.32. The minimum atomic E-state index is -1.77. The number of aliphatic hydroxyl groups is 8. The van der Waals surface area contributed by atoms with Gasteiger partial charge in [-0.25, -0.2) is 0 Å². The summed E-state index contributed by atoms with van der Waals surface area (Å²) in [7, 11) is 0. The van der Waals surface area contributed by atoms with Crippen LogP contribution in [0.1, 0.15) is 0 Å². The third-order valence-corrected chi connectivity index (χ3v) is 3.79. The second-order valence-electron chi connectivity index (χ2n) is 5.35. The Balaban J connectivity index is 2.11. The van der Waals surface area contributed by atoms with Crippen LogP contribution >= 0.6 is 0 Å². The summed E-state index contributed by atoms with van der Waals surface area (Å²) in [5.41, 5.74) is 0. The second kappa shape index (κ2) is 7.63. The van der Waals surface area contributed by atoms with Crippen molar-refractivity contribution in [2.75, 3.05) is 13.2 Å². The predicted molar refractivity (Wildman–Crippen MR) is 68.1 cm³/mol. The molecule has 2 heterocycles. The van der Waals surface area contributed by atoms with Crippen LogP contribution in [0.4, 0.5) is 0 Å². The molecule has 2 fully saturated rings. The molecule has 0 aromatic rings. The van der Waals surface area contributed by atoms with Crippen LogP contribution in [0.2, 0.25) is 0 Å². The molecule has 0 aromatic carbocycles. The quantitative estimate of drug-likeness (QED) is 0.244. The van der Waals surface area contributed by atoms with Crippen LogP contribution in [0, 0.1) is 6.10 Å². The zero-order valence-electron chi connectivity index (χ0n) is 11.9. The van der Waals surface area contributed by atoms with Gasteiger partial charge in [0.2, 0.25) is 0 Å². The summed E-state index contributed by atoms with van der Waals surface area (Å²) in [6, 6.07) is 0. The normalized spacial score (nSPS) is 49.3. The van der Waals surface area contributed by atoms with Crippen molar-refractivity contribution in [1.29, 1.82) is 0 Å². The van der Waals surface area contributed by atoms with Crippen molar-refractivity contribution in [3.8, 4) is 0 Å². The predicted octanol–water partition coefficient (Wildman–Crippen LogP) is -5.23. The van der Waals surface area contributed by atoms with E-state index in [1.54, 1.807) is 0 Å². The molecular weight excluding hydrogens is 320 g/mol. The molecule has 11 heteroatoms. The van der Waals surface area contributed by atoms with Crippen molar-refractivity contribution >= 4 is 0 Å². The number of hydrogen-bond acceptors (Lipinski definition) is 11. The van der Waals surface area contributed by atoms with Crippen LogP contribution in [-0.2, 0) is 14.2 Å². The molecule has 0 bridgehead atoms. The molecule has 8 N–H and O–H groups in total. The molecule has 2 saturated heterocycles. The molecule has 0 aromatic heterocycles. The largest absolute Gasteiger partial charge is 0.394 e. The van der Waals surface area contributed by atoms with Gasteiger partial charge in [-0.2, -0.15) is 0 Å². The molecule has 11 nitrogen and oxygen atoms in total. The summed E-state index contributed by atoms with van der Waals surface area (Å²) in [5.74, 6) is 0. The SMILES string of the molecule is OC[C@H]1O[C@@H](O)[C@H](O)[C@@H](O)[C]1O[C@H]1O[C@H](CO)[C@@H](O)[C@H](O)[C@H]1O. The van der Waals surface area contributed by atoms with Gasteiger partial charge in [0.15, 0.2) is 18.7 Å². The molecule has 2 aliphatic rings. The van der Waals surface area contributed by atoms with Crippen LogP contribution in [0.5, 0.6) is 0 Å². The molecule has 23 heavy (non-hydrogen) atoms. The molecule has 9 atom stereocenters. The Labute approximate surface area is 130 Å². The van der Waals surface area contributed by atoms with Gasteiger partial charge >= 0.3 is 0 Å². The highest BCUT2D eigenvalue weighted by Gasteiger charge is 2.50. The lowest BCUT2D eigenvalue weighted by atomic mass is 9.97. The van der Waals surface area contributed by atoms with Crippen molar-refractivity contribution < 1.29 is 55.1 Å². The van der Waals surface area contributed by atoms with Crippen LogP contribution in [0.25, 0.3) is 0 Å². The molecule has 2 aliphatic heterocycles. The van der Waals surface area contributed by atoms with E-state index in [1.165, 1.54) is 0 Å². The highest BCUT2D eigenvalue weighted by molar-refractivity contribution is 5.04. The van der Waals surface area contributed by atoms with E-state index in [0.717, 1.165) is 0 Å². The van der Waals surface area contributed by atoms with E-state index in [0.29, 0.717) is 0 Å². The fourth-order valence-corrected chi connectivity index (χ4v) is 2.41. The number of rotatable bonds is 4. The van der Waals surface area contributed by atoms with Crippen LogP contribution in [-0.4, -0.2) is 109 Å². The van der Waals surface area contributed by atoms with Gasteiger partial charge in [0.1, 0.15) is 42.7 Å². The molecule has 0 unspecified atom stereocenters. The van der Waals surface area contributed by atoms with Crippen molar-refractivity contribution in [2.45, 2.75) is 55.3 Å². The number of hydrogen-bond donors (Lipinski definition) is 8. The Morgan fingerprint density at radius 3 is 2.00 bits per heavy atom. The maximum absolute atomic E-state index is 9.91. The van der Waals surface area contributed by atoms with Gasteiger partial charge in [0, 0.05) is 0 Å². The van der Waals surface area contributed by atoms with E-state index in [1.807, 2.05) is 0 Å². The molecule has 135 valence electrons. The molecular formula is C12H21O11. The fraction of sp³-hybridized carbons (Fsp3) is 0.917. The summed E-state index contributed by atoms with van der Waals surface area (Å²) >= 11 is 0. The van der Waals surface area contributed by atoms with Gasteiger partial charge in [0.25, 0.3) is 0 Å². The third-order valence-electron chi connectivity index (χ3n) is 3.79. The maximum Gasteiger partial charge on any atom is 0.187 e. The Morgan fingerprint density at radius 1 is 0.783 bits per heavy atom. The number of aliphatic hydroxyl groups excluding tert-OH is 8. The van der Waals surface area contributed by atoms with Crippen molar-refractivity contribution in [1.82, 2.24) is 0 Å². The van der Waals surface area contributed by atoms with E-state index in [4.69, 9.17) is 19.3 Å². The molecule has 0 amide bonds. The lowest BCUT2D eigenvalue weighted by molar-refractivity contribution is -0.328. The highest BCUT2D eigenvalue weighted by atomic mass is 16.7. The molecule has 0 saturated carbocycles. The topological polar surface area (TPSA) is 190 Å². The molecule has 2 rings (SSSR count). The van der Waals surface area contributed by atoms with Gasteiger partial charge in [0.05, 0.1) is 13.2 Å². The van der Waals surface area contributed by atoms with Gasteiger partial charge in [-0.3, -0.25) is 0 Å². The fourth-order valence-electron chi connectivity index (χ4n) is 2.41. The van der Waals surface area contributed by atoms with Gasteiger partial charge in [-0.15, -0.1) is 0 Å². The third kappa shape index (κ3) is 3.65. The lowest BCUT2D eigenvalue weighted by Crippen LogP contribution is -2.62. The zero-order valence-corrected chi connectivity index (χ0v) is 11.9. The van der Waals surface area contributed by atoms with Gasteiger partial charge < -0.3 is 55.1 Å². The summed E-state index contributed by atoms with van der Waals surface area (Å²) in [4.78, 5) is 0. The lowest BCUT2D eigenvalue weighted by Gasteiger charge is -2.44. The van der Waals surface area contributed by atoms with E-state index in [-0.39, 0.29) is 0 Å². The monoisotopic (exact) mass is 341 g/mol.